The zero-order valence-corrected chi connectivity index (χ0v) is 11.1. The molecular weight excluding hydrogens is 224 g/mol. The van der Waals surface area contributed by atoms with E-state index in [4.69, 9.17) is 0 Å². The number of likely N-dealkylation sites (N-methyl/N-ethyl adjacent to an activating group) is 1. The van der Waals surface area contributed by atoms with E-state index in [1.54, 1.807) is 0 Å². The molecule has 2 aromatic heterocycles. The van der Waals surface area contributed by atoms with Gasteiger partial charge in [-0.3, -0.25) is 4.98 Å². The van der Waals surface area contributed by atoms with Crippen LogP contribution in [0.1, 0.15) is 23.9 Å². The second-order valence-electron chi connectivity index (χ2n) is 4.41. The van der Waals surface area contributed by atoms with Crippen LogP contribution < -0.4 is 5.32 Å². The Hall–Kier alpha value is -1.68. The predicted octanol–water partition coefficient (Wildman–Crippen LogP) is 1.79. The average Bonchev–Trinajstić information content (AvgIpc) is 2.80. The number of hydrogen-bond donors (Lipinski definition) is 1. The first-order valence-electron chi connectivity index (χ1n) is 6.41. The molecule has 0 saturated carbocycles. The molecule has 0 bridgehead atoms. The van der Waals surface area contributed by atoms with Gasteiger partial charge >= 0.3 is 0 Å². The molecule has 2 rings (SSSR count). The van der Waals surface area contributed by atoms with Crippen molar-refractivity contribution in [3.63, 3.8) is 0 Å². The van der Waals surface area contributed by atoms with Crippen LogP contribution >= 0.6 is 0 Å². The summed E-state index contributed by atoms with van der Waals surface area (Å²) < 4.78 is 2.09. The molecule has 2 heterocycles. The Morgan fingerprint density at radius 3 is 3.00 bits per heavy atom. The summed E-state index contributed by atoms with van der Waals surface area (Å²) in [5.74, 6) is 0. The van der Waals surface area contributed by atoms with Gasteiger partial charge in [0.15, 0.2) is 0 Å². The smallest absolute Gasteiger partial charge is 0.0953 e. The lowest BCUT2D eigenvalue weighted by Crippen LogP contribution is -2.16. The van der Waals surface area contributed by atoms with Crippen molar-refractivity contribution in [2.75, 3.05) is 13.1 Å². The van der Waals surface area contributed by atoms with E-state index in [-0.39, 0.29) is 0 Å². The maximum Gasteiger partial charge on any atom is 0.0953 e. The van der Waals surface area contributed by atoms with Gasteiger partial charge in [0.1, 0.15) is 0 Å². The molecule has 0 radical (unpaired) electrons. The molecule has 2 aromatic rings. The fourth-order valence-corrected chi connectivity index (χ4v) is 1.87. The van der Waals surface area contributed by atoms with Crippen LogP contribution in [0.4, 0.5) is 0 Å². The lowest BCUT2D eigenvalue weighted by Gasteiger charge is -2.04. The Morgan fingerprint density at radius 2 is 2.22 bits per heavy atom. The van der Waals surface area contributed by atoms with E-state index in [1.807, 2.05) is 18.6 Å². The number of nitrogens with one attached hydrogen (secondary N) is 1. The molecule has 0 aliphatic rings. The average molecular weight is 244 g/mol. The minimum atomic E-state index is 0.793. The van der Waals surface area contributed by atoms with Crippen molar-refractivity contribution in [3.8, 4) is 0 Å². The molecule has 0 spiro atoms. The summed E-state index contributed by atoms with van der Waals surface area (Å²) in [4.78, 5) is 8.81. The van der Waals surface area contributed by atoms with Gasteiger partial charge in [0.25, 0.3) is 0 Å². The maximum atomic E-state index is 4.41. The third kappa shape index (κ3) is 3.40. The molecule has 1 N–H and O–H groups in total. The van der Waals surface area contributed by atoms with Crippen molar-refractivity contribution < 1.29 is 0 Å². The Kier molecular flexibility index (Phi) is 4.47. The summed E-state index contributed by atoms with van der Waals surface area (Å²) in [5, 5.41) is 3.30. The van der Waals surface area contributed by atoms with Crippen LogP contribution in [0, 0.1) is 6.92 Å². The highest BCUT2D eigenvalue weighted by Gasteiger charge is 2.02. The highest BCUT2D eigenvalue weighted by atomic mass is 15.0. The number of hydrogen-bond acceptors (Lipinski definition) is 3. The molecule has 0 atom stereocenters. The molecule has 4 nitrogen and oxygen atoms in total. The summed E-state index contributed by atoms with van der Waals surface area (Å²) in [6, 6.07) is 4.06. The van der Waals surface area contributed by atoms with Crippen LogP contribution in [0.15, 0.2) is 30.9 Å². The maximum absolute atomic E-state index is 4.41. The quantitative estimate of drug-likeness (QED) is 0.788. The van der Waals surface area contributed by atoms with Crippen molar-refractivity contribution in [2.24, 2.45) is 0 Å². The summed E-state index contributed by atoms with van der Waals surface area (Å²) in [7, 11) is 0. The largest absolute Gasteiger partial charge is 0.331 e. The highest BCUT2D eigenvalue weighted by Crippen LogP contribution is 2.06. The van der Waals surface area contributed by atoms with Gasteiger partial charge in [-0.1, -0.05) is 13.0 Å². The topological polar surface area (TPSA) is 42.7 Å². The second-order valence-corrected chi connectivity index (χ2v) is 4.41. The lowest BCUT2D eigenvalue weighted by molar-refractivity contribution is 0.708. The predicted molar refractivity (Wildman–Crippen MR) is 72.6 cm³/mol. The molecule has 0 aromatic carbocycles. The van der Waals surface area contributed by atoms with Gasteiger partial charge < -0.3 is 9.88 Å². The molecule has 0 aliphatic heterocycles. The summed E-state index contributed by atoms with van der Waals surface area (Å²) in [6.45, 7) is 6.98. The number of pyridine rings is 1. The zero-order valence-electron chi connectivity index (χ0n) is 11.1. The Morgan fingerprint density at radius 1 is 1.33 bits per heavy atom. The third-order valence-corrected chi connectivity index (χ3v) is 2.94. The number of nitrogens with zero attached hydrogens (tertiary/aromatic N) is 3. The van der Waals surface area contributed by atoms with Crippen LogP contribution in [0.3, 0.4) is 0 Å². The lowest BCUT2D eigenvalue weighted by atomic mass is 10.2. The minimum absolute atomic E-state index is 0.793. The van der Waals surface area contributed by atoms with Gasteiger partial charge in [-0.25, -0.2) is 4.98 Å². The number of aromatic nitrogens is 3. The van der Waals surface area contributed by atoms with Crippen LogP contribution in [0.5, 0.6) is 0 Å². The van der Waals surface area contributed by atoms with Crippen LogP contribution in [-0.2, 0) is 13.0 Å². The van der Waals surface area contributed by atoms with E-state index in [0.29, 0.717) is 0 Å². The monoisotopic (exact) mass is 244 g/mol. The highest BCUT2D eigenvalue weighted by molar-refractivity contribution is 5.18. The van der Waals surface area contributed by atoms with E-state index in [1.165, 1.54) is 5.56 Å². The molecular formula is C14H20N4. The van der Waals surface area contributed by atoms with Crippen LogP contribution in [-0.4, -0.2) is 27.6 Å². The Balaban J connectivity index is 1.96. The summed E-state index contributed by atoms with van der Waals surface area (Å²) >= 11 is 0. The Bertz CT molecular complexity index is 490. The van der Waals surface area contributed by atoms with Crippen LogP contribution in [0.25, 0.3) is 0 Å². The fourth-order valence-electron chi connectivity index (χ4n) is 1.87. The molecule has 18 heavy (non-hydrogen) atoms. The molecule has 0 amide bonds. The van der Waals surface area contributed by atoms with E-state index in [0.717, 1.165) is 37.4 Å². The first-order valence-corrected chi connectivity index (χ1v) is 6.41. The first-order chi connectivity index (χ1) is 8.79. The second kappa shape index (κ2) is 6.31. The number of rotatable bonds is 6. The normalized spacial score (nSPS) is 10.8. The molecule has 0 fully saturated rings. The van der Waals surface area contributed by atoms with Crippen molar-refractivity contribution >= 4 is 0 Å². The first kappa shape index (κ1) is 12.8. The van der Waals surface area contributed by atoms with Gasteiger partial charge in [0.2, 0.25) is 0 Å². The molecule has 0 aliphatic carbocycles. The SMILES string of the molecule is CCNCCc1cn(Cc2ncccc2C)cn1. The Labute approximate surface area is 108 Å². The molecule has 0 saturated heterocycles. The number of aryl methyl sites for hydroxylation is 1. The molecule has 96 valence electrons. The fraction of sp³-hybridized carbons (Fsp3) is 0.429. The minimum Gasteiger partial charge on any atom is -0.331 e. The molecule has 0 unspecified atom stereocenters. The van der Waals surface area contributed by atoms with Crippen molar-refractivity contribution in [1.82, 2.24) is 19.9 Å². The summed E-state index contributed by atoms with van der Waals surface area (Å²) in [6.07, 6.45) is 6.80. The van der Waals surface area contributed by atoms with Crippen LogP contribution in [0.2, 0.25) is 0 Å². The van der Waals surface area contributed by atoms with E-state index in [9.17, 15) is 0 Å². The van der Waals surface area contributed by atoms with E-state index >= 15 is 0 Å². The molecule has 4 heteroatoms. The van der Waals surface area contributed by atoms with Crippen molar-refractivity contribution in [1.29, 1.82) is 0 Å². The van der Waals surface area contributed by atoms with Crippen molar-refractivity contribution in [2.45, 2.75) is 26.8 Å². The van der Waals surface area contributed by atoms with Gasteiger partial charge in [-0.05, 0) is 25.1 Å². The van der Waals surface area contributed by atoms with Gasteiger partial charge in [-0.15, -0.1) is 0 Å². The zero-order chi connectivity index (χ0) is 12.8. The van der Waals surface area contributed by atoms with Crippen molar-refractivity contribution in [3.05, 3.63) is 47.8 Å². The third-order valence-electron chi connectivity index (χ3n) is 2.94. The number of imidazole rings is 1. The summed E-state index contributed by atoms with van der Waals surface area (Å²) in [5.41, 5.74) is 3.46. The standard InChI is InChI=1S/C14H20N4/c1-3-15-8-6-13-9-18(11-17-13)10-14-12(2)5-4-7-16-14/h4-5,7,9,11,15H,3,6,8,10H2,1-2H3. The van der Waals surface area contributed by atoms with Gasteiger partial charge in [-0.2, -0.15) is 0 Å². The van der Waals surface area contributed by atoms with E-state index < -0.39 is 0 Å². The van der Waals surface area contributed by atoms with Gasteiger partial charge in [0.05, 0.1) is 24.3 Å². The van der Waals surface area contributed by atoms with Gasteiger partial charge in [0, 0.05) is 25.4 Å². The van der Waals surface area contributed by atoms with E-state index in [2.05, 4.69) is 46.0 Å².